The molecule has 0 unspecified atom stereocenters. The van der Waals surface area contributed by atoms with Crippen LogP contribution in [-0.2, 0) is 6.42 Å². The van der Waals surface area contributed by atoms with Crippen LogP contribution in [0, 0.1) is 0 Å². The molecule has 0 atom stereocenters. The van der Waals surface area contributed by atoms with E-state index in [4.69, 9.17) is 19.9 Å². The Morgan fingerprint density at radius 3 is 2.30 bits per heavy atom. The van der Waals surface area contributed by atoms with Gasteiger partial charge in [-0.3, -0.25) is 0 Å². The van der Waals surface area contributed by atoms with E-state index in [-0.39, 0.29) is 0 Å². The average molecular weight is 274 g/mol. The molecule has 5 heteroatoms. The summed E-state index contributed by atoms with van der Waals surface area (Å²) < 4.78 is 16.2. The number of nitrogens with two attached hydrogens (primary N) is 1. The molecule has 0 saturated heterocycles. The predicted octanol–water partition coefficient (Wildman–Crippen LogP) is 2.39. The number of methoxy groups -OCH3 is 2. The van der Waals surface area contributed by atoms with Crippen LogP contribution < -0.4 is 19.9 Å². The van der Waals surface area contributed by atoms with E-state index >= 15 is 0 Å². The zero-order valence-electron chi connectivity index (χ0n) is 11.6. The zero-order valence-corrected chi connectivity index (χ0v) is 11.6. The molecule has 0 amide bonds. The second-order valence-electron chi connectivity index (χ2n) is 4.16. The Morgan fingerprint density at radius 1 is 1.05 bits per heavy atom. The molecule has 1 heterocycles. The fraction of sp³-hybridized carbons (Fsp3) is 0.267. The van der Waals surface area contributed by atoms with Gasteiger partial charge in [0.05, 0.1) is 14.2 Å². The molecular formula is C15H18N2O3. The summed E-state index contributed by atoms with van der Waals surface area (Å²) in [5.74, 6) is 2.48. The van der Waals surface area contributed by atoms with Crippen molar-refractivity contribution in [2.45, 2.75) is 6.42 Å². The fourth-order valence-electron chi connectivity index (χ4n) is 1.81. The molecule has 0 radical (unpaired) electrons. The third-order valence-electron chi connectivity index (χ3n) is 2.80. The highest BCUT2D eigenvalue weighted by Gasteiger charge is 2.08. The number of pyridine rings is 1. The van der Waals surface area contributed by atoms with Gasteiger partial charge in [-0.2, -0.15) is 0 Å². The molecule has 1 aromatic carbocycles. The number of aromatic nitrogens is 1. The fourth-order valence-corrected chi connectivity index (χ4v) is 1.81. The van der Waals surface area contributed by atoms with Gasteiger partial charge >= 0.3 is 0 Å². The van der Waals surface area contributed by atoms with Gasteiger partial charge in [-0.1, -0.05) is 6.07 Å². The third-order valence-corrected chi connectivity index (χ3v) is 2.80. The molecule has 0 aliphatic rings. The zero-order chi connectivity index (χ0) is 14.4. The van der Waals surface area contributed by atoms with Gasteiger partial charge in [-0.25, -0.2) is 4.98 Å². The van der Waals surface area contributed by atoms with Crippen molar-refractivity contribution in [1.29, 1.82) is 0 Å². The van der Waals surface area contributed by atoms with Gasteiger partial charge in [0.1, 0.15) is 17.2 Å². The second-order valence-corrected chi connectivity index (χ2v) is 4.16. The molecule has 0 bridgehead atoms. The first-order chi connectivity index (χ1) is 9.76. The van der Waals surface area contributed by atoms with E-state index in [1.807, 2.05) is 12.1 Å². The second kappa shape index (κ2) is 6.77. The summed E-state index contributed by atoms with van der Waals surface area (Å²) in [4.78, 5) is 4.24. The van der Waals surface area contributed by atoms with Crippen molar-refractivity contribution in [2.75, 3.05) is 20.8 Å². The van der Waals surface area contributed by atoms with E-state index < -0.39 is 0 Å². The maximum Gasteiger partial charge on any atom is 0.222 e. The van der Waals surface area contributed by atoms with Crippen molar-refractivity contribution in [3.05, 3.63) is 42.1 Å². The van der Waals surface area contributed by atoms with Gasteiger partial charge in [0.15, 0.2) is 0 Å². The average Bonchev–Trinajstić information content (AvgIpc) is 2.49. The van der Waals surface area contributed by atoms with Crippen LogP contribution in [0.4, 0.5) is 0 Å². The summed E-state index contributed by atoms with van der Waals surface area (Å²) in [7, 11) is 3.19. The SMILES string of the molecule is COc1cc(OC)cc(Oc2ncccc2CCN)c1. The van der Waals surface area contributed by atoms with Crippen LogP contribution in [-0.4, -0.2) is 25.7 Å². The summed E-state index contributed by atoms with van der Waals surface area (Å²) in [6, 6.07) is 9.16. The van der Waals surface area contributed by atoms with Crippen molar-refractivity contribution in [2.24, 2.45) is 5.73 Å². The van der Waals surface area contributed by atoms with Gasteiger partial charge < -0.3 is 19.9 Å². The Balaban J connectivity index is 2.29. The molecule has 1 aromatic heterocycles. The summed E-state index contributed by atoms with van der Waals surface area (Å²) in [5.41, 5.74) is 6.56. The molecule has 0 aliphatic carbocycles. The normalized spacial score (nSPS) is 10.2. The van der Waals surface area contributed by atoms with E-state index in [0.717, 1.165) is 5.56 Å². The van der Waals surface area contributed by atoms with E-state index in [2.05, 4.69) is 4.98 Å². The number of benzene rings is 1. The van der Waals surface area contributed by atoms with Crippen LogP contribution in [0.15, 0.2) is 36.5 Å². The molecule has 0 spiro atoms. The predicted molar refractivity (Wildman–Crippen MR) is 76.6 cm³/mol. The Hall–Kier alpha value is -2.27. The number of rotatable bonds is 6. The standard InChI is InChI=1S/C15H18N2O3/c1-18-12-8-13(19-2)10-14(9-12)20-15-11(5-6-16)4-3-7-17-15/h3-4,7-10H,5-6,16H2,1-2H3. The molecule has 0 saturated carbocycles. The Labute approximate surface area is 118 Å². The number of ether oxygens (including phenoxy) is 3. The minimum atomic E-state index is 0.545. The first-order valence-electron chi connectivity index (χ1n) is 6.31. The van der Waals surface area contributed by atoms with Gasteiger partial charge in [0.2, 0.25) is 5.88 Å². The Kier molecular flexibility index (Phi) is 4.79. The van der Waals surface area contributed by atoms with E-state index in [0.29, 0.717) is 36.1 Å². The van der Waals surface area contributed by atoms with Gasteiger partial charge in [0, 0.05) is 30.0 Å². The summed E-state index contributed by atoms with van der Waals surface area (Å²) in [6.45, 7) is 0.545. The summed E-state index contributed by atoms with van der Waals surface area (Å²) >= 11 is 0. The molecule has 106 valence electrons. The minimum absolute atomic E-state index is 0.545. The number of hydrogen-bond acceptors (Lipinski definition) is 5. The maximum absolute atomic E-state index is 5.82. The van der Waals surface area contributed by atoms with Crippen LogP contribution in [0.5, 0.6) is 23.1 Å². The molecule has 2 aromatic rings. The maximum atomic E-state index is 5.82. The molecule has 0 fully saturated rings. The topological polar surface area (TPSA) is 66.6 Å². The van der Waals surface area contributed by atoms with Crippen molar-refractivity contribution >= 4 is 0 Å². The smallest absolute Gasteiger partial charge is 0.222 e. The first kappa shape index (κ1) is 14.1. The summed E-state index contributed by atoms with van der Waals surface area (Å²) in [6.07, 6.45) is 2.40. The molecule has 2 N–H and O–H groups in total. The van der Waals surface area contributed by atoms with Crippen LogP contribution in [0.2, 0.25) is 0 Å². The monoisotopic (exact) mass is 274 g/mol. The summed E-state index contributed by atoms with van der Waals surface area (Å²) in [5, 5.41) is 0. The molecule has 2 rings (SSSR count). The highest BCUT2D eigenvalue weighted by molar-refractivity contribution is 5.44. The van der Waals surface area contributed by atoms with Crippen LogP contribution in [0.25, 0.3) is 0 Å². The van der Waals surface area contributed by atoms with Gasteiger partial charge in [-0.05, 0) is 19.0 Å². The van der Waals surface area contributed by atoms with E-state index in [1.54, 1.807) is 38.6 Å². The van der Waals surface area contributed by atoms with Crippen molar-refractivity contribution < 1.29 is 14.2 Å². The lowest BCUT2D eigenvalue weighted by atomic mass is 10.2. The first-order valence-corrected chi connectivity index (χ1v) is 6.31. The molecular weight excluding hydrogens is 256 g/mol. The Morgan fingerprint density at radius 2 is 1.70 bits per heavy atom. The van der Waals surface area contributed by atoms with Crippen LogP contribution in [0.3, 0.4) is 0 Å². The van der Waals surface area contributed by atoms with Crippen molar-refractivity contribution in [3.8, 4) is 23.1 Å². The van der Waals surface area contributed by atoms with Crippen LogP contribution >= 0.6 is 0 Å². The molecule has 5 nitrogen and oxygen atoms in total. The molecule has 0 aliphatic heterocycles. The Bertz CT molecular complexity index is 551. The minimum Gasteiger partial charge on any atom is -0.496 e. The lowest BCUT2D eigenvalue weighted by Gasteiger charge is -2.11. The lowest BCUT2D eigenvalue weighted by Crippen LogP contribution is -2.04. The number of hydrogen-bond donors (Lipinski definition) is 1. The van der Waals surface area contributed by atoms with Crippen molar-refractivity contribution in [3.63, 3.8) is 0 Å². The largest absolute Gasteiger partial charge is 0.496 e. The quantitative estimate of drug-likeness (QED) is 0.876. The molecule has 20 heavy (non-hydrogen) atoms. The highest BCUT2D eigenvalue weighted by atomic mass is 16.5. The van der Waals surface area contributed by atoms with E-state index in [9.17, 15) is 0 Å². The highest BCUT2D eigenvalue weighted by Crippen LogP contribution is 2.31. The van der Waals surface area contributed by atoms with E-state index in [1.165, 1.54) is 0 Å². The van der Waals surface area contributed by atoms with Crippen molar-refractivity contribution in [1.82, 2.24) is 4.98 Å². The van der Waals surface area contributed by atoms with Crippen LogP contribution in [0.1, 0.15) is 5.56 Å². The number of nitrogens with zero attached hydrogens (tertiary/aromatic N) is 1. The lowest BCUT2D eigenvalue weighted by molar-refractivity contribution is 0.384. The third kappa shape index (κ3) is 3.39. The van der Waals surface area contributed by atoms with Gasteiger partial charge in [0.25, 0.3) is 0 Å². The van der Waals surface area contributed by atoms with Gasteiger partial charge in [-0.15, -0.1) is 0 Å².